The van der Waals surface area contributed by atoms with E-state index >= 15 is 0 Å². The molecule has 2 aromatic carbocycles. The Morgan fingerprint density at radius 1 is 1.17 bits per heavy atom. The Hall–Kier alpha value is -2.05. The zero-order valence-electron chi connectivity index (χ0n) is 13.0. The maximum atomic E-state index is 12.9. The standard InChI is InChI=1S/C18H17BrN2O3/c19-13-3-1-11(9-20)14(8-13)21-17(22)18(5-6-18)12-2-4-15-16(7-12)24-10-23-15/h1-4,7-8H,5-6,9-10,20H2,(H,21,22). The summed E-state index contributed by atoms with van der Waals surface area (Å²) in [6, 6.07) is 11.5. The minimum absolute atomic E-state index is 0.00540. The van der Waals surface area contributed by atoms with Crippen LogP contribution in [0.1, 0.15) is 24.0 Å². The first-order valence-corrected chi connectivity index (χ1v) is 8.62. The highest BCUT2D eigenvalue weighted by Crippen LogP contribution is 2.51. The molecule has 1 saturated carbocycles. The van der Waals surface area contributed by atoms with E-state index in [1.54, 1.807) is 0 Å². The second-order valence-corrected chi connectivity index (χ2v) is 7.03. The van der Waals surface area contributed by atoms with Crippen molar-refractivity contribution in [3.8, 4) is 11.5 Å². The Kier molecular flexibility index (Phi) is 3.73. The van der Waals surface area contributed by atoms with Crippen LogP contribution in [0.25, 0.3) is 0 Å². The smallest absolute Gasteiger partial charge is 0.235 e. The molecule has 5 nitrogen and oxygen atoms in total. The molecule has 2 aliphatic rings. The van der Waals surface area contributed by atoms with Crippen LogP contribution in [0.2, 0.25) is 0 Å². The Balaban J connectivity index is 1.61. The number of fused-ring (bicyclic) bond motifs is 1. The number of rotatable bonds is 4. The van der Waals surface area contributed by atoms with Gasteiger partial charge in [-0.15, -0.1) is 0 Å². The molecule has 24 heavy (non-hydrogen) atoms. The topological polar surface area (TPSA) is 73.6 Å². The summed E-state index contributed by atoms with van der Waals surface area (Å²) in [5.74, 6) is 1.43. The highest BCUT2D eigenvalue weighted by molar-refractivity contribution is 9.10. The van der Waals surface area contributed by atoms with Crippen LogP contribution in [0.4, 0.5) is 5.69 Å². The molecule has 1 fully saturated rings. The largest absolute Gasteiger partial charge is 0.454 e. The van der Waals surface area contributed by atoms with Crippen molar-refractivity contribution in [3.63, 3.8) is 0 Å². The molecule has 0 saturated heterocycles. The van der Waals surface area contributed by atoms with Crippen molar-refractivity contribution in [1.82, 2.24) is 0 Å². The Morgan fingerprint density at radius 3 is 2.71 bits per heavy atom. The number of hydrogen-bond acceptors (Lipinski definition) is 4. The number of hydrogen-bond donors (Lipinski definition) is 2. The molecule has 1 aliphatic carbocycles. The zero-order valence-corrected chi connectivity index (χ0v) is 14.6. The Bertz CT molecular complexity index is 818. The van der Waals surface area contributed by atoms with E-state index in [0.717, 1.165) is 39.9 Å². The van der Waals surface area contributed by atoms with E-state index in [2.05, 4.69) is 21.2 Å². The molecule has 0 radical (unpaired) electrons. The van der Waals surface area contributed by atoms with Crippen molar-refractivity contribution in [2.75, 3.05) is 12.1 Å². The van der Waals surface area contributed by atoms with Gasteiger partial charge >= 0.3 is 0 Å². The van der Waals surface area contributed by atoms with Crippen molar-refractivity contribution < 1.29 is 14.3 Å². The number of ether oxygens (including phenoxy) is 2. The van der Waals surface area contributed by atoms with E-state index in [1.165, 1.54) is 0 Å². The maximum Gasteiger partial charge on any atom is 0.235 e. The van der Waals surface area contributed by atoms with Crippen molar-refractivity contribution in [3.05, 3.63) is 52.0 Å². The van der Waals surface area contributed by atoms with E-state index in [-0.39, 0.29) is 12.7 Å². The molecule has 1 aliphatic heterocycles. The molecule has 1 amide bonds. The predicted molar refractivity (Wildman–Crippen MR) is 94.1 cm³/mol. The molecule has 3 N–H and O–H groups in total. The average molecular weight is 389 g/mol. The maximum absolute atomic E-state index is 12.9. The van der Waals surface area contributed by atoms with Gasteiger partial charge in [0.25, 0.3) is 0 Å². The van der Waals surface area contributed by atoms with Crippen molar-refractivity contribution in [2.24, 2.45) is 5.73 Å². The van der Waals surface area contributed by atoms with Gasteiger partial charge in [-0.1, -0.05) is 28.1 Å². The van der Waals surface area contributed by atoms with E-state index in [9.17, 15) is 4.79 Å². The molecule has 0 atom stereocenters. The van der Waals surface area contributed by atoms with E-state index < -0.39 is 5.41 Å². The molecule has 2 aromatic rings. The normalized spacial score (nSPS) is 16.8. The van der Waals surface area contributed by atoms with Crippen LogP contribution < -0.4 is 20.5 Å². The third-order valence-corrected chi connectivity index (χ3v) is 5.14. The second-order valence-electron chi connectivity index (χ2n) is 6.11. The zero-order chi connectivity index (χ0) is 16.7. The summed E-state index contributed by atoms with van der Waals surface area (Å²) in [5.41, 5.74) is 7.92. The van der Waals surface area contributed by atoms with Gasteiger partial charge in [0.1, 0.15) is 0 Å². The lowest BCUT2D eigenvalue weighted by Crippen LogP contribution is -2.28. The summed E-state index contributed by atoms with van der Waals surface area (Å²) in [7, 11) is 0. The van der Waals surface area contributed by atoms with Crippen LogP contribution in [0.5, 0.6) is 11.5 Å². The fourth-order valence-electron chi connectivity index (χ4n) is 3.05. The van der Waals surface area contributed by atoms with Crippen molar-refractivity contribution in [1.29, 1.82) is 0 Å². The molecule has 0 aromatic heterocycles. The van der Waals surface area contributed by atoms with Gasteiger partial charge in [0.2, 0.25) is 12.7 Å². The monoisotopic (exact) mass is 388 g/mol. The van der Waals surface area contributed by atoms with Gasteiger partial charge in [-0.05, 0) is 48.2 Å². The lowest BCUT2D eigenvalue weighted by molar-refractivity contribution is -0.118. The Labute approximate surface area is 148 Å². The molecule has 1 heterocycles. The molecule has 0 spiro atoms. The molecular formula is C18H17BrN2O3. The minimum atomic E-state index is -0.491. The number of halogens is 1. The SMILES string of the molecule is NCc1ccc(Br)cc1NC(=O)C1(c2ccc3c(c2)OCO3)CC1. The number of amides is 1. The van der Waals surface area contributed by atoms with Crippen LogP contribution in [0, 0.1) is 0 Å². The average Bonchev–Trinajstić information content (AvgIpc) is 3.26. The molecule has 4 rings (SSSR count). The fraction of sp³-hybridized carbons (Fsp3) is 0.278. The summed E-state index contributed by atoms with van der Waals surface area (Å²) in [6.45, 7) is 0.607. The summed E-state index contributed by atoms with van der Waals surface area (Å²) in [6.07, 6.45) is 1.65. The van der Waals surface area contributed by atoms with Crippen molar-refractivity contribution in [2.45, 2.75) is 24.8 Å². The van der Waals surface area contributed by atoms with Gasteiger partial charge < -0.3 is 20.5 Å². The van der Waals surface area contributed by atoms with Crippen LogP contribution in [-0.2, 0) is 16.8 Å². The first kappa shape index (κ1) is 15.5. The first-order chi connectivity index (χ1) is 11.6. The molecular weight excluding hydrogens is 372 g/mol. The summed E-state index contributed by atoms with van der Waals surface area (Å²) >= 11 is 3.44. The highest BCUT2D eigenvalue weighted by Gasteiger charge is 2.51. The van der Waals surface area contributed by atoms with Crippen LogP contribution in [0.15, 0.2) is 40.9 Å². The first-order valence-electron chi connectivity index (χ1n) is 7.82. The van der Waals surface area contributed by atoms with Gasteiger partial charge in [0.15, 0.2) is 11.5 Å². The quantitative estimate of drug-likeness (QED) is 0.842. The van der Waals surface area contributed by atoms with E-state index in [0.29, 0.717) is 12.3 Å². The second kappa shape index (κ2) is 5.79. The molecule has 0 unspecified atom stereocenters. The van der Waals surface area contributed by atoms with Gasteiger partial charge in [-0.2, -0.15) is 0 Å². The van der Waals surface area contributed by atoms with Crippen LogP contribution in [-0.4, -0.2) is 12.7 Å². The highest BCUT2D eigenvalue weighted by atomic mass is 79.9. The van der Waals surface area contributed by atoms with Gasteiger partial charge in [0, 0.05) is 16.7 Å². The van der Waals surface area contributed by atoms with Gasteiger partial charge in [-0.3, -0.25) is 4.79 Å². The molecule has 124 valence electrons. The number of nitrogens with one attached hydrogen (secondary N) is 1. The van der Waals surface area contributed by atoms with Crippen LogP contribution >= 0.6 is 15.9 Å². The van der Waals surface area contributed by atoms with Gasteiger partial charge in [0.05, 0.1) is 5.41 Å². The lowest BCUT2D eigenvalue weighted by Gasteiger charge is -2.18. The molecule has 0 bridgehead atoms. The molecule has 6 heteroatoms. The number of nitrogens with two attached hydrogens (primary N) is 1. The summed E-state index contributed by atoms with van der Waals surface area (Å²) in [5, 5.41) is 3.05. The minimum Gasteiger partial charge on any atom is -0.454 e. The lowest BCUT2D eigenvalue weighted by atomic mass is 9.94. The third kappa shape index (κ3) is 2.56. The fourth-order valence-corrected chi connectivity index (χ4v) is 3.41. The third-order valence-electron chi connectivity index (χ3n) is 4.65. The van der Waals surface area contributed by atoms with Gasteiger partial charge in [-0.25, -0.2) is 0 Å². The Morgan fingerprint density at radius 2 is 1.96 bits per heavy atom. The number of carbonyl (C=O) groups is 1. The number of anilines is 1. The summed E-state index contributed by atoms with van der Waals surface area (Å²) < 4.78 is 11.7. The number of carbonyl (C=O) groups excluding carboxylic acids is 1. The number of benzene rings is 2. The van der Waals surface area contributed by atoms with Crippen molar-refractivity contribution >= 4 is 27.5 Å². The van der Waals surface area contributed by atoms with E-state index in [4.69, 9.17) is 15.2 Å². The van der Waals surface area contributed by atoms with E-state index in [1.807, 2.05) is 36.4 Å². The van der Waals surface area contributed by atoms with Crippen LogP contribution in [0.3, 0.4) is 0 Å². The summed E-state index contributed by atoms with van der Waals surface area (Å²) in [4.78, 5) is 12.9. The predicted octanol–water partition coefficient (Wildman–Crippen LogP) is 3.31.